The Morgan fingerprint density at radius 3 is 3.07 bits per heavy atom. The van der Waals surface area contributed by atoms with Crippen LogP contribution in [0, 0.1) is 11.8 Å². The topological polar surface area (TPSA) is 64.3 Å². The first-order valence-corrected chi connectivity index (χ1v) is 4.51. The minimum absolute atomic E-state index is 0.331. The van der Waals surface area contributed by atoms with E-state index in [0.29, 0.717) is 12.2 Å². The molecule has 78 valence electrons. The van der Waals surface area contributed by atoms with Gasteiger partial charge in [0.2, 0.25) is 0 Å². The lowest BCUT2D eigenvalue weighted by Gasteiger charge is -1.98. The second-order valence-electron chi connectivity index (χ2n) is 2.70. The van der Waals surface area contributed by atoms with Crippen molar-refractivity contribution in [2.24, 2.45) is 5.84 Å². The van der Waals surface area contributed by atoms with Crippen molar-refractivity contribution in [3.63, 3.8) is 0 Å². The highest BCUT2D eigenvalue weighted by Crippen LogP contribution is 2.07. The summed E-state index contributed by atoms with van der Waals surface area (Å²) in [5, 5.41) is 0. The third-order valence-corrected chi connectivity index (χ3v) is 1.61. The van der Waals surface area contributed by atoms with Gasteiger partial charge in [-0.25, -0.2) is 4.79 Å². The zero-order chi connectivity index (χ0) is 11.1. The molecule has 1 aromatic rings. The summed E-state index contributed by atoms with van der Waals surface area (Å²) in [5.41, 5.74) is 3.94. The van der Waals surface area contributed by atoms with Gasteiger partial charge in [0.25, 0.3) is 0 Å². The lowest BCUT2D eigenvalue weighted by Crippen LogP contribution is -2.06. The molecule has 0 unspecified atom stereocenters. The maximum atomic E-state index is 10.9. The van der Waals surface area contributed by atoms with Crippen molar-refractivity contribution < 1.29 is 9.53 Å². The van der Waals surface area contributed by atoms with E-state index in [9.17, 15) is 4.79 Å². The number of nitrogens with one attached hydrogen (secondary N) is 1. The molecule has 0 radical (unpaired) electrons. The molecule has 0 aliphatic carbocycles. The number of nitrogen functional groups attached to an aromatic ring is 1. The van der Waals surface area contributed by atoms with Gasteiger partial charge in [-0.3, -0.25) is 5.84 Å². The normalized spacial score (nSPS) is 8.67. The summed E-state index contributed by atoms with van der Waals surface area (Å²) in [6.07, 6.45) is 0. The minimum atomic E-state index is -0.524. The molecule has 0 saturated carbocycles. The number of hydrogen-bond acceptors (Lipinski definition) is 4. The van der Waals surface area contributed by atoms with Gasteiger partial charge in [-0.2, -0.15) is 0 Å². The van der Waals surface area contributed by atoms with E-state index in [0.717, 1.165) is 5.69 Å². The zero-order valence-corrected chi connectivity index (χ0v) is 8.41. The SMILES string of the molecule is CCOC(=O)C#Cc1cccc(NN)c1. The third kappa shape index (κ3) is 3.71. The maximum Gasteiger partial charge on any atom is 0.384 e. The van der Waals surface area contributed by atoms with Crippen molar-refractivity contribution in [2.75, 3.05) is 12.0 Å². The van der Waals surface area contributed by atoms with Gasteiger partial charge in [0.05, 0.1) is 6.61 Å². The van der Waals surface area contributed by atoms with Crippen molar-refractivity contribution in [3.05, 3.63) is 29.8 Å². The molecular weight excluding hydrogens is 192 g/mol. The first kappa shape index (κ1) is 11.1. The Balaban J connectivity index is 2.75. The fourth-order valence-corrected chi connectivity index (χ4v) is 0.977. The van der Waals surface area contributed by atoms with E-state index in [2.05, 4.69) is 22.0 Å². The molecule has 0 spiro atoms. The van der Waals surface area contributed by atoms with E-state index < -0.39 is 5.97 Å². The van der Waals surface area contributed by atoms with E-state index >= 15 is 0 Å². The highest BCUT2D eigenvalue weighted by Gasteiger charge is 1.93. The highest BCUT2D eigenvalue weighted by molar-refractivity contribution is 5.89. The third-order valence-electron chi connectivity index (χ3n) is 1.61. The van der Waals surface area contributed by atoms with Crippen LogP contribution in [-0.4, -0.2) is 12.6 Å². The van der Waals surface area contributed by atoms with Crippen LogP contribution in [0.1, 0.15) is 12.5 Å². The summed E-state index contributed by atoms with van der Waals surface area (Å²) >= 11 is 0. The second kappa shape index (κ2) is 5.68. The van der Waals surface area contributed by atoms with Gasteiger partial charge in [0.1, 0.15) is 0 Å². The molecule has 0 aliphatic heterocycles. The van der Waals surface area contributed by atoms with Crippen molar-refractivity contribution in [3.8, 4) is 11.8 Å². The van der Waals surface area contributed by atoms with Crippen LogP contribution in [-0.2, 0) is 9.53 Å². The fraction of sp³-hybridized carbons (Fsp3) is 0.182. The van der Waals surface area contributed by atoms with Gasteiger partial charge in [-0.1, -0.05) is 12.0 Å². The molecule has 0 atom stereocenters. The standard InChI is InChI=1S/C11H12N2O2/c1-2-15-11(14)7-6-9-4-3-5-10(8-9)13-12/h3-5,8,13H,2,12H2,1H3. The van der Waals surface area contributed by atoms with E-state index in [1.54, 1.807) is 31.2 Å². The van der Waals surface area contributed by atoms with Gasteiger partial charge in [0.15, 0.2) is 0 Å². The highest BCUT2D eigenvalue weighted by atomic mass is 16.5. The number of esters is 1. The number of anilines is 1. The maximum absolute atomic E-state index is 10.9. The zero-order valence-electron chi connectivity index (χ0n) is 8.41. The first-order valence-electron chi connectivity index (χ1n) is 4.51. The quantitative estimate of drug-likeness (QED) is 0.325. The molecule has 0 aliphatic rings. The Morgan fingerprint density at radius 2 is 2.40 bits per heavy atom. The van der Waals surface area contributed by atoms with Crippen LogP contribution in [0.25, 0.3) is 0 Å². The van der Waals surface area contributed by atoms with Crippen LogP contribution in [0.15, 0.2) is 24.3 Å². The largest absolute Gasteiger partial charge is 0.456 e. The van der Waals surface area contributed by atoms with Crippen LogP contribution in [0.3, 0.4) is 0 Å². The lowest BCUT2D eigenvalue weighted by atomic mass is 10.2. The molecule has 1 rings (SSSR count). The Hall–Kier alpha value is -1.99. The average Bonchev–Trinajstić information content (AvgIpc) is 2.27. The van der Waals surface area contributed by atoms with E-state index in [4.69, 9.17) is 5.84 Å². The molecule has 4 nitrogen and oxygen atoms in total. The number of nitrogens with two attached hydrogens (primary N) is 1. The summed E-state index contributed by atoms with van der Waals surface area (Å²) in [4.78, 5) is 10.9. The predicted molar refractivity (Wildman–Crippen MR) is 57.8 cm³/mol. The van der Waals surface area contributed by atoms with Crippen LogP contribution in [0.5, 0.6) is 0 Å². The average molecular weight is 204 g/mol. The molecule has 4 heteroatoms. The van der Waals surface area contributed by atoms with E-state index in [-0.39, 0.29) is 0 Å². The molecule has 3 N–H and O–H groups in total. The van der Waals surface area contributed by atoms with E-state index in [1.807, 2.05) is 0 Å². The molecular formula is C11H12N2O2. The number of hydrazine groups is 1. The van der Waals surface area contributed by atoms with Gasteiger partial charge < -0.3 is 10.2 Å². The Labute approximate surface area is 88.4 Å². The molecule has 0 aromatic heterocycles. The van der Waals surface area contributed by atoms with Crippen molar-refractivity contribution in [1.29, 1.82) is 0 Å². The van der Waals surface area contributed by atoms with Crippen molar-refractivity contribution >= 4 is 11.7 Å². The Bertz CT molecular complexity index is 405. The number of rotatable bonds is 2. The monoisotopic (exact) mass is 204 g/mol. The summed E-state index contributed by atoms with van der Waals surface area (Å²) in [6, 6.07) is 7.12. The van der Waals surface area contributed by atoms with Crippen molar-refractivity contribution in [1.82, 2.24) is 0 Å². The minimum Gasteiger partial charge on any atom is -0.456 e. The van der Waals surface area contributed by atoms with Gasteiger partial charge in [-0.05, 0) is 25.1 Å². The van der Waals surface area contributed by atoms with E-state index in [1.165, 1.54) is 0 Å². The lowest BCUT2D eigenvalue weighted by molar-refractivity contribution is -0.136. The molecule has 0 saturated heterocycles. The molecule has 0 bridgehead atoms. The number of carbonyl (C=O) groups excluding carboxylic acids is 1. The number of carbonyl (C=O) groups is 1. The molecule has 0 fully saturated rings. The molecule has 1 aromatic carbocycles. The summed E-state index contributed by atoms with van der Waals surface area (Å²) in [6.45, 7) is 2.07. The number of benzene rings is 1. The van der Waals surface area contributed by atoms with Gasteiger partial charge in [-0.15, -0.1) is 0 Å². The van der Waals surface area contributed by atoms with Gasteiger partial charge >= 0.3 is 5.97 Å². The Morgan fingerprint density at radius 1 is 1.60 bits per heavy atom. The summed E-state index contributed by atoms with van der Waals surface area (Å²) < 4.78 is 4.67. The molecule has 0 amide bonds. The predicted octanol–water partition coefficient (Wildman–Crippen LogP) is 0.887. The number of ether oxygens (including phenoxy) is 1. The first-order chi connectivity index (χ1) is 7.26. The van der Waals surface area contributed by atoms with Crippen LogP contribution in [0.4, 0.5) is 5.69 Å². The second-order valence-corrected chi connectivity index (χ2v) is 2.70. The van der Waals surface area contributed by atoms with Gasteiger partial charge in [0, 0.05) is 17.2 Å². The number of hydrogen-bond donors (Lipinski definition) is 2. The van der Waals surface area contributed by atoms with Crippen LogP contribution in [0.2, 0.25) is 0 Å². The summed E-state index contributed by atoms with van der Waals surface area (Å²) in [5.74, 6) is 9.76. The summed E-state index contributed by atoms with van der Waals surface area (Å²) in [7, 11) is 0. The fourth-order valence-electron chi connectivity index (χ4n) is 0.977. The Kier molecular flexibility index (Phi) is 4.20. The van der Waals surface area contributed by atoms with Crippen molar-refractivity contribution in [2.45, 2.75) is 6.92 Å². The molecule has 0 heterocycles. The molecule has 15 heavy (non-hydrogen) atoms. The van der Waals surface area contributed by atoms with Crippen LogP contribution < -0.4 is 11.3 Å². The van der Waals surface area contributed by atoms with Crippen LogP contribution >= 0.6 is 0 Å². The smallest absolute Gasteiger partial charge is 0.384 e.